The lowest BCUT2D eigenvalue weighted by Crippen LogP contribution is -2.43. The van der Waals surface area contributed by atoms with Crippen molar-refractivity contribution in [1.29, 1.82) is 0 Å². The van der Waals surface area contributed by atoms with Gasteiger partial charge >= 0.3 is 6.09 Å². The lowest BCUT2D eigenvalue weighted by molar-refractivity contribution is 0.0182. The Labute approximate surface area is 171 Å². The topological polar surface area (TPSA) is 46.6 Å². The van der Waals surface area contributed by atoms with Gasteiger partial charge < -0.3 is 9.64 Å². The highest BCUT2D eigenvalue weighted by Crippen LogP contribution is 2.30. The maximum Gasteiger partial charge on any atom is 0.410 e. The van der Waals surface area contributed by atoms with Crippen LogP contribution in [0.5, 0.6) is 0 Å². The number of nitrogens with zero attached hydrogens (tertiary/aromatic N) is 1. The average Bonchev–Trinajstić information content (AvgIpc) is 2.67. The molecule has 0 aliphatic carbocycles. The Balaban J connectivity index is 1.71. The SMILES string of the molecule is CC(C)(C)OC(=O)N1CCC(C(=O)c2ccccc2-c2ccc(Cl)cc2)CC1. The predicted octanol–water partition coefficient (Wildman–Crippen LogP) is 5.84. The molecule has 0 radical (unpaired) electrons. The van der Waals surface area contributed by atoms with E-state index in [1.165, 1.54) is 0 Å². The van der Waals surface area contributed by atoms with E-state index in [1.807, 2.05) is 69.3 Å². The minimum absolute atomic E-state index is 0.0906. The second kappa shape index (κ2) is 8.36. The van der Waals surface area contributed by atoms with Crippen molar-refractivity contribution in [2.24, 2.45) is 5.92 Å². The third-order valence-corrected chi connectivity index (χ3v) is 5.12. The van der Waals surface area contributed by atoms with Crippen LogP contribution in [-0.2, 0) is 4.74 Å². The number of ketones is 1. The molecular formula is C23H26ClNO3. The van der Waals surface area contributed by atoms with Crippen LogP contribution in [0.2, 0.25) is 5.02 Å². The van der Waals surface area contributed by atoms with Gasteiger partial charge in [-0.05, 0) is 56.9 Å². The van der Waals surface area contributed by atoms with E-state index < -0.39 is 5.60 Å². The second-order valence-electron chi connectivity index (χ2n) is 8.16. The summed E-state index contributed by atoms with van der Waals surface area (Å²) in [5.41, 5.74) is 2.10. The smallest absolute Gasteiger partial charge is 0.410 e. The van der Waals surface area contributed by atoms with E-state index >= 15 is 0 Å². The van der Waals surface area contributed by atoms with Gasteiger partial charge in [-0.2, -0.15) is 0 Å². The Kier molecular flexibility index (Phi) is 6.09. The maximum absolute atomic E-state index is 13.2. The summed E-state index contributed by atoms with van der Waals surface area (Å²) in [4.78, 5) is 27.1. The Hall–Kier alpha value is -2.33. The average molecular weight is 400 g/mol. The zero-order valence-electron chi connectivity index (χ0n) is 16.6. The predicted molar refractivity (Wildman–Crippen MR) is 112 cm³/mol. The molecule has 1 heterocycles. The van der Waals surface area contributed by atoms with E-state index in [0.29, 0.717) is 31.0 Å². The third kappa shape index (κ3) is 4.93. The first-order valence-corrected chi connectivity index (χ1v) is 9.99. The van der Waals surface area contributed by atoms with Gasteiger partial charge in [0.15, 0.2) is 5.78 Å². The highest BCUT2D eigenvalue weighted by molar-refractivity contribution is 6.30. The molecule has 1 aliphatic rings. The van der Waals surface area contributed by atoms with Gasteiger partial charge in [0.25, 0.3) is 0 Å². The summed E-state index contributed by atoms with van der Waals surface area (Å²) >= 11 is 5.99. The fraction of sp³-hybridized carbons (Fsp3) is 0.391. The monoisotopic (exact) mass is 399 g/mol. The fourth-order valence-electron chi connectivity index (χ4n) is 3.45. The van der Waals surface area contributed by atoms with Crippen molar-refractivity contribution < 1.29 is 14.3 Å². The number of ether oxygens (including phenoxy) is 1. The van der Waals surface area contributed by atoms with E-state index in [4.69, 9.17) is 16.3 Å². The summed E-state index contributed by atoms with van der Waals surface area (Å²) in [6.07, 6.45) is 0.986. The van der Waals surface area contributed by atoms with Crippen LogP contribution in [0, 0.1) is 5.92 Å². The second-order valence-corrected chi connectivity index (χ2v) is 8.59. The first kappa shape index (κ1) is 20.4. The van der Waals surface area contributed by atoms with Gasteiger partial charge in [0, 0.05) is 29.6 Å². The number of hydrogen-bond donors (Lipinski definition) is 0. The molecule has 2 aromatic rings. The number of benzene rings is 2. The summed E-state index contributed by atoms with van der Waals surface area (Å²) in [6, 6.07) is 15.2. The van der Waals surface area contributed by atoms with Crippen molar-refractivity contribution >= 4 is 23.5 Å². The van der Waals surface area contributed by atoms with Gasteiger partial charge in [0.05, 0.1) is 0 Å². The van der Waals surface area contributed by atoms with Gasteiger partial charge in [-0.25, -0.2) is 4.79 Å². The highest BCUT2D eigenvalue weighted by Gasteiger charge is 2.31. The van der Waals surface area contributed by atoms with Crippen LogP contribution in [0.15, 0.2) is 48.5 Å². The number of carbonyl (C=O) groups excluding carboxylic acids is 2. The van der Waals surface area contributed by atoms with Gasteiger partial charge in [0.1, 0.15) is 5.60 Å². The van der Waals surface area contributed by atoms with Crippen LogP contribution < -0.4 is 0 Å². The highest BCUT2D eigenvalue weighted by atomic mass is 35.5. The van der Waals surface area contributed by atoms with Crippen molar-refractivity contribution in [2.75, 3.05) is 13.1 Å². The number of likely N-dealkylation sites (tertiary alicyclic amines) is 1. The first-order valence-electron chi connectivity index (χ1n) is 9.62. The van der Waals surface area contributed by atoms with E-state index in [9.17, 15) is 9.59 Å². The molecule has 3 rings (SSSR count). The van der Waals surface area contributed by atoms with E-state index in [1.54, 1.807) is 4.90 Å². The largest absolute Gasteiger partial charge is 0.444 e. The number of carbonyl (C=O) groups is 2. The standard InChI is InChI=1S/C23H26ClNO3/c1-23(2,3)28-22(27)25-14-12-17(13-15-25)21(26)20-7-5-4-6-19(20)16-8-10-18(24)11-9-16/h4-11,17H,12-15H2,1-3H3. The van der Waals surface area contributed by atoms with Crippen molar-refractivity contribution in [3.8, 4) is 11.1 Å². The van der Waals surface area contributed by atoms with Crippen LogP contribution in [-0.4, -0.2) is 35.5 Å². The third-order valence-electron chi connectivity index (χ3n) is 4.87. The van der Waals surface area contributed by atoms with Gasteiger partial charge in [-0.15, -0.1) is 0 Å². The first-order chi connectivity index (χ1) is 13.2. The van der Waals surface area contributed by atoms with Crippen molar-refractivity contribution in [3.05, 3.63) is 59.1 Å². The molecule has 0 N–H and O–H groups in total. The van der Waals surface area contributed by atoms with Gasteiger partial charge in [-0.3, -0.25) is 4.79 Å². The summed E-state index contributed by atoms with van der Waals surface area (Å²) in [5.74, 6) is 0.0431. The number of Topliss-reactive ketones (excluding diaryl/α,β-unsaturated/α-hetero) is 1. The lowest BCUT2D eigenvalue weighted by Gasteiger charge is -2.33. The van der Waals surface area contributed by atoms with Crippen molar-refractivity contribution in [2.45, 2.75) is 39.2 Å². The molecule has 1 amide bonds. The van der Waals surface area contributed by atoms with Crippen LogP contribution in [0.1, 0.15) is 44.0 Å². The van der Waals surface area contributed by atoms with Crippen LogP contribution in [0.4, 0.5) is 4.79 Å². The lowest BCUT2D eigenvalue weighted by atomic mass is 9.86. The van der Waals surface area contributed by atoms with Crippen molar-refractivity contribution in [3.63, 3.8) is 0 Å². The molecule has 0 saturated carbocycles. The summed E-state index contributed by atoms with van der Waals surface area (Å²) in [6.45, 7) is 6.64. The Bertz CT molecular complexity index is 847. The van der Waals surface area contributed by atoms with Crippen LogP contribution in [0.3, 0.4) is 0 Å². The molecule has 0 unspecified atom stereocenters. The van der Waals surface area contributed by atoms with E-state index in [-0.39, 0.29) is 17.8 Å². The van der Waals surface area contributed by atoms with Gasteiger partial charge in [0.2, 0.25) is 0 Å². The minimum Gasteiger partial charge on any atom is -0.444 e. The zero-order valence-corrected chi connectivity index (χ0v) is 17.3. The number of hydrogen-bond acceptors (Lipinski definition) is 3. The molecule has 0 bridgehead atoms. The van der Waals surface area contributed by atoms with Gasteiger partial charge in [-0.1, -0.05) is 48.0 Å². The number of piperidine rings is 1. The Morgan fingerprint density at radius 2 is 1.61 bits per heavy atom. The molecule has 148 valence electrons. The van der Waals surface area contributed by atoms with E-state index in [2.05, 4.69) is 0 Å². The Morgan fingerprint density at radius 1 is 1.00 bits per heavy atom. The van der Waals surface area contributed by atoms with Crippen LogP contribution >= 0.6 is 11.6 Å². The molecule has 0 atom stereocenters. The molecule has 5 heteroatoms. The van der Waals surface area contributed by atoms with Crippen molar-refractivity contribution in [1.82, 2.24) is 4.90 Å². The normalized spacial score (nSPS) is 15.4. The quantitative estimate of drug-likeness (QED) is 0.609. The summed E-state index contributed by atoms with van der Waals surface area (Å²) < 4.78 is 5.44. The zero-order chi connectivity index (χ0) is 20.3. The molecule has 2 aromatic carbocycles. The number of halogens is 1. The Morgan fingerprint density at radius 3 is 2.21 bits per heavy atom. The number of rotatable bonds is 3. The minimum atomic E-state index is -0.513. The molecule has 1 saturated heterocycles. The molecule has 4 nitrogen and oxygen atoms in total. The molecule has 0 spiro atoms. The number of amides is 1. The van der Waals surface area contributed by atoms with Crippen LogP contribution in [0.25, 0.3) is 11.1 Å². The molecular weight excluding hydrogens is 374 g/mol. The molecule has 0 aromatic heterocycles. The fourth-order valence-corrected chi connectivity index (χ4v) is 3.58. The molecule has 1 aliphatic heterocycles. The molecule has 1 fully saturated rings. The van der Waals surface area contributed by atoms with E-state index in [0.717, 1.165) is 16.7 Å². The molecule has 28 heavy (non-hydrogen) atoms. The maximum atomic E-state index is 13.2. The summed E-state index contributed by atoms with van der Waals surface area (Å²) in [7, 11) is 0. The summed E-state index contributed by atoms with van der Waals surface area (Å²) in [5, 5.41) is 0.669.